The van der Waals surface area contributed by atoms with Crippen LogP contribution >= 0.6 is 0 Å². The molecule has 134 valence electrons. The Balaban J connectivity index is 1.92. The van der Waals surface area contributed by atoms with Crippen LogP contribution in [0.15, 0.2) is 42.7 Å². The van der Waals surface area contributed by atoms with Gasteiger partial charge in [0.05, 0.1) is 5.52 Å². The summed E-state index contributed by atoms with van der Waals surface area (Å²) in [5, 5.41) is 1.37. The minimum atomic E-state index is 1.01. The lowest BCUT2D eigenvalue weighted by atomic mass is 10.0. The van der Waals surface area contributed by atoms with E-state index in [0.717, 1.165) is 19.5 Å². The van der Waals surface area contributed by atoms with E-state index in [1.165, 1.54) is 39.0 Å². The molecule has 2 aromatic heterocycles. The highest BCUT2D eigenvalue weighted by molar-refractivity contribution is 5.92. The molecule has 0 atom stereocenters. The molecule has 0 saturated carbocycles. The summed E-state index contributed by atoms with van der Waals surface area (Å²) < 4.78 is 2.41. The van der Waals surface area contributed by atoms with Gasteiger partial charge in [-0.2, -0.15) is 0 Å². The van der Waals surface area contributed by atoms with Gasteiger partial charge in [-0.3, -0.25) is 4.98 Å². The molecule has 3 aromatic rings. The van der Waals surface area contributed by atoms with Gasteiger partial charge in [-0.25, -0.2) is 0 Å². The molecule has 0 bridgehead atoms. The quantitative estimate of drug-likeness (QED) is 0.713. The second kappa shape index (κ2) is 6.61. The first-order valence-electron chi connectivity index (χ1n) is 9.15. The van der Waals surface area contributed by atoms with E-state index in [4.69, 9.17) is 0 Å². The molecule has 0 aliphatic carbocycles. The van der Waals surface area contributed by atoms with Gasteiger partial charge in [-0.05, 0) is 61.0 Å². The van der Waals surface area contributed by atoms with E-state index in [2.05, 4.69) is 83.9 Å². The summed E-state index contributed by atoms with van der Waals surface area (Å²) in [6, 6.07) is 11.0. The van der Waals surface area contributed by atoms with Gasteiger partial charge in [-0.1, -0.05) is 0 Å². The molecule has 0 radical (unpaired) electrons. The summed E-state index contributed by atoms with van der Waals surface area (Å²) in [5.41, 5.74) is 7.93. The highest BCUT2D eigenvalue weighted by Gasteiger charge is 2.22. The highest BCUT2D eigenvalue weighted by Crippen LogP contribution is 2.34. The number of hydrogen-bond donors (Lipinski definition) is 0. The van der Waals surface area contributed by atoms with E-state index >= 15 is 0 Å². The number of fused-ring (bicyclic) bond motifs is 3. The van der Waals surface area contributed by atoms with E-state index in [0.29, 0.717) is 0 Å². The average molecular weight is 346 g/mol. The first-order chi connectivity index (χ1) is 12.5. The van der Waals surface area contributed by atoms with Crippen molar-refractivity contribution in [3.63, 3.8) is 0 Å². The number of allylic oxidation sites excluding steroid dienone is 1. The zero-order chi connectivity index (χ0) is 18.3. The average Bonchev–Trinajstić information content (AvgIpc) is 2.95. The third-order valence-corrected chi connectivity index (χ3v) is 5.34. The van der Waals surface area contributed by atoms with E-state index < -0.39 is 0 Å². The zero-order valence-corrected chi connectivity index (χ0v) is 16.0. The van der Waals surface area contributed by atoms with Crippen LogP contribution in [-0.2, 0) is 13.0 Å². The molecular formula is C22H26N4. The van der Waals surface area contributed by atoms with Gasteiger partial charge in [0.15, 0.2) is 0 Å². The van der Waals surface area contributed by atoms with Crippen molar-refractivity contribution in [2.75, 3.05) is 32.6 Å². The molecule has 0 amide bonds. The Bertz CT molecular complexity index is 967. The van der Waals surface area contributed by atoms with Crippen LogP contribution < -0.4 is 4.90 Å². The second-order valence-corrected chi connectivity index (χ2v) is 7.43. The molecule has 4 nitrogen and oxygen atoms in total. The van der Waals surface area contributed by atoms with Gasteiger partial charge in [0.2, 0.25) is 0 Å². The highest BCUT2D eigenvalue weighted by atomic mass is 15.1. The lowest BCUT2D eigenvalue weighted by Crippen LogP contribution is -2.26. The topological polar surface area (TPSA) is 24.3 Å². The first-order valence-corrected chi connectivity index (χ1v) is 9.15. The lowest BCUT2D eigenvalue weighted by molar-refractivity contribution is 0.312. The van der Waals surface area contributed by atoms with Gasteiger partial charge in [0.1, 0.15) is 0 Å². The molecular weight excluding hydrogens is 320 g/mol. The Kier molecular flexibility index (Phi) is 4.29. The van der Waals surface area contributed by atoms with E-state index in [9.17, 15) is 0 Å². The number of benzene rings is 1. The summed E-state index contributed by atoms with van der Waals surface area (Å²) in [5.74, 6) is 0. The molecule has 1 aliphatic heterocycles. The smallest absolute Gasteiger partial charge is 0.0530 e. The van der Waals surface area contributed by atoms with Crippen LogP contribution in [0.5, 0.6) is 0 Å². The number of aromatic nitrogens is 2. The molecule has 1 aliphatic rings. The SMILES string of the molecule is C/C(=C/n1c2c(c3cc(N(C)C)ccc31)CN(C)CC2)c1ccncc1. The number of likely N-dealkylation sites (N-methyl/N-ethyl adjacent to an activating group) is 1. The predicted molar refractivity (Wildman–Crippen MR) is 110 cm³/mol. The van der Waals surface area contributed by atoms with Gasteiger partial charge in [0, 0.05) is 69.0 Å². The van der Waals surface area contributed by atoms with E-state index in [-0.39, 0.29) is 0 Å². The Morgan fingerprint density at radius 2 is 1.92 bits per heavy atom. The van der Waals surface area contributed by atoms with Crippen LogP contribution in [-0.4, -0.2) is 42.1 Å². The third kappa shape index (κ3) is 2.90. The molecule has 0 N–H and O–H groups in total. The normalized spacial score (nSPS) is 15.3. The van der Waals surface area contributed by atoms with Crippen LogP contribution in [0.4, 0.5) is 5.69 Å². The maximum atomic E-state index is 4.14. The molecule has 4 rings (SSSR count). The molecule has 0 spiro atoms. The lowest BCUT2D eigenvalue weighted by Gasteiger charge is -2.23. The van der Waals surface area contributed by atoms with Gasteiger partial charge >= 0.3 is 0 Å². The Hall–Kier alpha value is -2.59. The summed E-state index contributed by atoms with van der Waals surface area (Å²) >= 11 is 0. The second-order valence-electron chi connectivity index (χ2n) is 7.43. The number of pyridine rings is 1. The minimum absolute atomic E-state index is 1.01. The third-order valence-electron chi connectivity index (χ3n) is 5.34. The summed E-state index contributed by atoms with van der Waals surface area (Å²) in [6.07, 6.45) is 7.08. The summed E-state index contributed by atoms with van der Waals surface area (Å²) in [7, 11) is 6.41. The van der Waals surface area contributed by atoms with Gasteiger partial charge in [0.25, 0.3) is 0 Å². The van der Waals surface area contributed by atoms with Gasteiger partial charge in [-0.15, -0.1) is 0 Å². The minimum Gasteiger partial charge on any atom is -0.378 e. The fourth-order valence-electron chi connectivity index (χ4n) is 3.82. The zero-order valence-electron chi connectivity index (χ0n) is 16.0. The van der Waals surface area contributed by atoms with Crippen LogP contribution in [0, 0.1) is 0 Å². The van der Waals surface area contributed by atoms with E-state index in [1.54, 1.807) is 0 Å². The Labute approximate surface area is 155 Å². The standard InChI is InChI=1S/C22H26N4/c1-16(17-7-10-23-11-8-17)14-26-21-6-5-18(24(2)3)13-19(21)20-15-25(4)12-9-22(20)26/h5-8,10-11,13-14H,9,12,15H2,1-4H3/b16-14-. The number of anilines is 1. The van der Waals surface area contributed by atoms with Crippen molar-refractivity contribution >= 4 is 28.4 Å². The Morgan fingerprint density at radius 1 is 1.15 bits per heavy atom. The molecule has 0 saturated heterocycles. The van der Waals surface area contributed by atoms with Crippen molar-refractivity contribution in [1.82, 2.24) is 14.5 Å². The molecule has 4 heteroatoms. The van der Waals surface area contributed by atoms with Crippen molar-refractivity contribution in [3.8, 4) is 0 Å². The summed E-state index contributed by atoms with van der Waals surface area (Å²) in [6.45, 7) is 4.29. The maximum absolute atomic E-state index is 4.14. The molecule has 3 heterocycles. The van der Waals surface area contributed by atoms with Crippen LogP contribution in [0.1, 0.15) is 23.7 Å². The van der Waals surface area contributed by atoms with E-state index in [1.807, 2.05) is 12.4 Å². The van der Waals surface area contributed by atoms with Crippen LogP contribution in [0.25, 0.3) is 22.7 Å². The first kappa shape index (κ1) is 16.9. The molecule has 0 fully saturated rings. The van der Waals surface area contributed by atoms with Crippen molar-refractivity contribution in [1.29, 1.82) is 0 Å². The Morgan fingerprint density at radius 3 is 2.65 bits per heavy atom. The fourth-order valence-corrected chi connectivity index (χ4v) is 3.82. The number of rotatable bonds is 3. The van der Waals surface area contributed by atoms with Crippen molar-refractivity contribution in [2.45, 2.75) is 19.9 Å². The largest absolute Gasteiger partial charge is 0.378 e. The maximum Gasteiger partial charge on any atom is 0.0530 e. The molecule has 1 aromatic carbocycles. The number of nitrogens with zero attached hydrogens (tertiary/aromatic N) is 4. The fraction of sp³-hybridized carbons (Fsp3) is 0.318. The van der Waals surface area contributed by atoms with Crippen molar-refractivity contribution in [3.05, 3.63) is 59.5 Å². The monoisotopic (exact) mass is 346 g/mol. The van der Waals surface area contributed by atoms with Crippen LogP contribution in [0.3, 0.4) is 0 Å². The number of hydrogen-bond acceptors (Lipinski definition) is 3. The molecule has 0 unspecified atom stereocenters. The summed E-state index contributed by atoms with van der Waals surface area (Å²) in [4.78, 5) is 8.72. The van der Waals surface area contributed by atoms with Crippen molar-refractivity contribution in [2.24, 2.45) is 0 Å². The van der Waals surface area contributed by atoms with Gasteiger partial charge < -0.3 is 14.4 Å². The van der Waals surface area contributed by atoms with Crippen molar-refractivity contribution < 1.29 is 0 Å². The predicted octanol–water partition coefficient (Wildman–Crippen LogP) is 4.11. The molecule has 26 heavy (non-hydrogen) atoms. The van der Waals surface area contributed by atoms with Crippen LogP contribution in [0.2, 0.25) is 0 Å².